The SMILES string of the molecule is C=CCNC(=S)NN=Cc1c[nH]c2c(CC)cccc12. The van der Waals surface area contributed by atoms with Crippen molar-refractivity contribution in [2.24, 2.45) is 5.10 Å². The highest BCUT2D eigenvalue weighted by Gasteiger charge is 2.04. The maximum Gasteiger partial charge on any atom is 0.187 e. The molecule has 0 radical (unpaired) electrons. The highest BCUT2D eigenvalue weighted by atomic mass is 32.1. The van der Waals surface area contributed by atoms with Gasteiger partial charge in [-0.15, -0.1) is 6.58 Å². The summed E-state index contributed by atoms with van der Waals surface area (Å²) in [5, 5.41) is 8.74. The van der Waals surface area contributed by atoms with Crippen molar-refractivity contribution in [3.05, 3.63) is 48.2 Å². The van der Waals surface area contributed by atoms with E-state index in [1.165, 1.54) is 16.5 Å². The molecule has 1 heterocycles. The molecule has 2 aromatic rings. The Morgan fingerprint density at radius 3 is 3.10 bits per heavy atom. The molecular formula is C15H18N4S. The quantitative estimate of drug-likeness (QED) is 0.343. The molecule has 1 aromatic heterocycles. The summed E-state index contributed by atoms with van der Waals surface area (Å²) < 4.78 is 0. The van der Waals surface area contributed by atoms with Gasteiger partial charge in [-0.1, -0.05) is 31.2 Å². The van der Waals surface area contributed by atoms with Crippen LogP contribution in [0.1, 0.15) is 18.1 Å². The molecule has 0 aliphatic carbocycles. The van der Waals surface area contributed by atoms with Crippen LogP contribution < -0.4 is 10.7 Å². The van der Waals surface area contributed by atoms with Crippen molar-refractivity contribution in [1.29, 1.82) is 0 Å². The number of para-hydroxylation sites is 1. The zero-order chi connectivity index (χ0) is 14.4. The van der Waals surface area contributed by atoms with Crippen molar-refractivity contribution in [1.82, 2.24) is 15.7 Å². The second-order valence-corrected chi connectivity index (χ2v) is 4.71. The Bertz CT molecular complexity index is 642. The Kier molecular flexibility index (Phi) is 4.90. The number of H-pyrrole nitrogens is 1. The lowest BCUT2D eigenvalue weighted by Crippen LogP contribution is -2.31. The Balaban J connectivity index is 2.10. The first-order valence-corrected chi connectivity index (χ1v) is 6.93. The van der Waals surface area contributed by atoms with Gasteiger partial charge in [-0.05, 0) is 24.2 Å². The van der Waals surface area contributed by atoms with E-state index in [1.54, 1.807) is 12.3 Å². The average Bonchev–Trinajstić information content (AvgIpc) is 2.88. The standard InChI is InChI=1S/C15H18N4S/c1-3-8-16-15(20)19-18-10-12-9-17-14-11(4-2)6-5-7-13(12)14/h3,5-7,9-10,17H,1,4,8H2,2H3,(H2,16,19,20). The maximum atomic E-state index is 5.06. The third-order valence-electron chi connectivity index (χ3n) is 2.99. The maximum absolute atomic E-state index is 5.06. The molecule has 0 aliphatic heterocycles. The van der Waals surface area contributed by atoms with Gasteiger partial charge >= 0.3 is 0 Å². The van der Waals surface area contributed by atoms with Crippen molar-refractivity contribution < 1.29 is 0 Å². The van der Waals surface area contributed by atoms with E-state index < -0.39 is 0 Å². The molecule has 0 saturated carbocycles. The Morgan fingerprint density at radius 1 is 1.50 bits per heavy atom. The van der Waals surface area contributed by atoms with Crippen LogP contribution in [-0.4, -0.2) is 22.9 Å². The molecule has 4 nitrogen and oxygen atoms in total. The topological polar surface area (TPSA) is 52.2 Å². The molecule has 20 heavy (non-hydrogen) atoms. The number of hydrogen-bond acceptors (Lipinski definition) is 2. The first-order chi connectivity index (χ1) is 9.76. The number of aromatic nitrogens is 1. The van der Waals surface area contributed by atoms with E-state index in [4.69, 9.17) is 12.2 Å². The lowest BCUT2D eigenvalue weighted by molar-refractivity contribution is 0.942. The van der Waals surface area contributed by atoms with E-state index in [0.29, 0.717) is 11.7 Å². The van der Waals surface area contributed by atoms with Crippen molar-refractivity contribution in [2.75, 3.05) is 6.54 Å². The summed E-state index contributed by atoms with van der Waals surface area (Å²) in [5.41, 5.74) is 6.29. The normalized spacial score (nSPS) is 10.8. The van der Waals surface area contributed by atoms with Crippen LogP contribution in [0, 0.1) is 0 Å². The highest BCUT2D eigenvalue weighted by Crippen LogP contribution is 2.20. The molecule has 3 N–H and O–H groups in total. The molecule has 0 aliphatic rings. The minimum Gasteiger partial charge on any atom is -0.360 e. The van der Waals surface area contributed by atoms with E-state index in [1.807, 2.05) is 6.20 Å². The van der Waals surface area contributed by atoms with Crippen LogP contribution >= 0.6 is 12.2 Å². The van der Waals surface area contributed by atoms with Gasteiger partial charge in [0.2, 0.25) is 0 Å². The van der Waals surface area contributed by atoms with Gasteiger partial charge < -0.3 is 10.3 Å². The predicted molar refractivity (Wildman–Crippen MR) is 89.2 cm³/mol. The molecule has 2 rings (SSSR count). The largest absolute Gasteiger partial charge is 0.360 e. The highest BCUT2D eigenvalue weighted by molar-refractivity contribution is 7.80. The van der Waals surface area contributed by atoms with Crippen LogP contribution in [0.3, 0.4) is 0 Å². The van der Waals surface area contributed by atoms with Gasteiger partial charge in [0.05, 0.1) is 6.21 Å². The summed E-state index contributed by atoms with van der Waals surface area (Å²) in [5.74, 6) is 0. The number of nitrogens with one attached hydrogen (secondary N) is 3. The zero-order valence-corrected chi connectivity index (χ0v) is 12.3. The van der Waals surface area contributed by atoms with E-state index in [-0.39, 0.29) is 0 Å². The number of aryl methyl sites for hydroxylation is 1. The fourth-order valence-electron chi connectivity index (χ4n) is 2.01. The summed E-state index contributed by atoms with van der Waals surface area (Å²) in [4.78, 5) is 3.30. The minimum absolute atomic E-state index is 0.482. The van der Waals surface area contributed by atoms with E-state index in [2.05, 4.69) is 52.5 Å². The van der Waals surface area contributed by atoms with Crippen LogP contribution in [-0.2, 0) is 6.42 Å². The third-order valence-corrected chi connectivity index (χ3v) is 3.23. The van der Waals surface area contributed by atoms with Gasteiger partial charge in [-0.3, -0.25) is 5.43 Å². The smallest absolute Gasteiger partial charge is 0.187 e. The van der Waals surface area contributed by atoms with Crippen molar-refractivity contribution >= 4 is 34.4 Å². The molecule has 5 heteroatoms. The van der Waals surface area contributed by atoms with Crippen LogP contribution in [0.25, 0.3) is 10.9 Å². The minimum atomic E-state index is 0.482. The van der Waals surface area contributed by atoms with Gasteiger partial charge in [-0.25, -0.2) is 0 Å². The first-order valence-electron chi connectivity index (χ1n) is 6.53. The Labute approximate surface area is 124 Å². The molecule has 0 spiro atoms. The fourth-order valence-corrected chi connectivity index (χ4v) is 2.14. The van der Waals surface area contributed by atoms with E-state index in [0.717, 1.165) is 12.0 Å². The third kappa shape index (κ3) is 3.24. The second-order valence-electron chi connectivity index (χ2n) is 4.31. The fraction of sp³-hybridized carbons (Fsp3) is 0.200. The van der Waals surface area contributed by atoms with Crippen molar-refractivity contribution in [3.8, 4) is 0 Å². The van der Waals surface area contributed by atoms with Crippen LogP contribution in [0.2, 0.25) is 0 Å². The van der Waals surface area contributed by atoms with Gasteiger partial charge in [0, 0.05) is 29.2 Å². The zero-order valence-electron chi connectivity index (χ0n) is 11.4. The number of thiocarbonyl (C=S) groups is 1. The van der Waals surface area contributed by atoms with Gasteiger partial charge in [0.25, 0.3) is 0 Å². The number of rotatable bonds is 5. The summed E-state index contributed by atoms with van der Waals surface area (Å²) >= 11 is 5.06. The molecular weight excluding hydrogens is 268 g/mol. The van der Waals surface area contributed by atoms with Gasteiger partial charge in [0.15, 0.2) is 5.11 Å². The number of hydrazone groups is 1. The summed E-state index contributed by atoms with van der Waals surface area (Å²) in [7, 11) is 0. The monoisotopic (exact) mass is 286 g/mol. The number of hydrogen-bond donors (Lipinski definition) is 3. The number of aromatic amines is 1. The van der Waals surface area contributed by atoms with E-state index in [9.17, 15) is 0 Å². The van der Waals surface area contributed by atoms with Crippen molar-refractivity contribution in [3.63, 3.8) is 0 Å². The number of nitrogens with zero attached hydrogens (tertiary/aromatic N) is 1. The Hall–Kier alpha value is -2.14. The molecule has 104 valence electrons. The predicted octanol–water partition coefficient (Wildman–Crippen LogP) is 2.71. The van der Waals surface area contributed by atoms with Crippen molar-refractivity contribution in [2.45, 2.75) is 13.3 Å². The average molecular weight is 286 g/mol. The first kappa shape index (κ1) is 14.3. The lowest BCUT2D eigenvalue weighted by atomic mass is 10.1. The Morgan fingerprint density at radius 2 is 2.35 bits per heavy atom. The van der Waals surface area contributed by atoms with Gasteiger partial charge in [0.1, 0.15) is 0 Å². The van der Waals surface area contributed by atoms with Crippen LogP contribution in [0.4, 0.5) is 0 Å². The molecule has 0 bridgehead atoms. The summed E-state index contributed by atoms with van der Waals surface area (Å²) in [6.45, 7) is 6.38. The molecule has 0 atom stereocenters. The number of fused-ring (bicyclic) bond motifs is 1. The molecule has 1 aromatic carbocycles. The van der Waals surface area contributed by atoms with Crippen LogP contribution in [0.15, 0.2) is 42.2 Å². The summed E-state index contributed by atoms with van der Waals surface area (Å²) in [6.07, 6.45) is 6.46. The molecule has 0 unspecified atom stereocenters. The molecule has 0 fully saturated rings. The molecule has 0 saturated heterocycles. The van der Waals surface area contributed by atoms with Crippen LogP contribution in [0.5, 0.6) is 0 Å². The van der Waals surface area contributed by atoms with Gasteiger partial charge in [-0.2, -0.15) is 5.10 Å². The summed E-state index contributed by atoms with van der Waals surface area (Å²) in [6, 6.07) is 6.28. The number of benzene rings is 1. The van der Waals surface area contributed by atoms with E-state index >= 15 is 0 Å². The lowest BCUT2D eigenvalue weighted by Gasteiger charge is -2.02. The second kappa shape index (κ2) is 6.86. The molecule has 0 amide bonds.